The third kappa shape index (κ3) is 3.21. The molecule has 0 amide bonds. The Morgan fingerprint density at radius 2 is 2.05 bits per heavy atom. The summed E-state index contributed by atoms with van der Waals surface area (Å²) in [6.45, 7) is 6.59. The molecule has 3 heteroatoms. The van der Waals surface area contributed by atoms with Crippen molar-refractivity contribution in [2.24, 2.45) is 17.6 Å². The van der Waals surface area contributed by atoms with E-state index in [1.54, 1.807) is 0 Å². The summed E-state index contributed by atoms with van der Waals surface area (Å²) in [7, 11) is 2.25. The van der Waals surface area contributed by atoms with E-state index in [4.69, 9.17) is 5.73 Å². The maximum atomic E-state index is 6.19. The molecule has 1 saturated carbocycles. The van der Waals surface area contributed by atoms with Crippen LogP contribution in [0.5, 0.6) is 0 Å². The highest BCUT2D eigenvalue weighted by Gasteiger charge is 2.41. The summed E-state index contributed by atoms with van der Waals surface area (Å²) in [5, 5.41) is 0. The Kier molecular flexibility index (Phi) is 5.17. The zero-order chi connectivity index (χ0) is 14.6. The quantitative estimate of drug-likeness (QED) is 0.898. The van der Waals surface area contributed by atoms with Gasteiger partial charge in [0.15, 0.2) is 0 Å². The van der Waals surface area contributed by atoms with Gasteiger partial charge >= 0.3 is 0 Å². The SMILES string of the molecule is CC1CCC(CN)(N(C)CCc2ccncc2)C(C)C1. The molecule has 3 nitrogen and oxygen atoms in total. The molecule has 1 aliphatic carbocycles. The van der Waals surface area contributed by atoms with E-state index in [0.29, 0.717) is 5.92 Å². The second-order valence-corrected chi connectivity index (χ2v) is 6.62. The van der Waals surface area contributed by atoms with Crippen LogP contribution in [0.4, 0.5) is 0 Å². The second kappa shape index (κ2) is 6.68. The molecule has 20 heavy (non-hydrogen) atoms. The Morgan fingerprint density at radius 1 is 1.35 bits per heavy atom. The fraction of sp³-hybridized carbons (Fsp3) is 0.706. The van der Waals surface area contributed by atoms with Crippen molar-refractivity contribution in [2.45, 2.75) is 45.1 Å². The largest absolute Gasteiger partial charge is 0.329 e. The third-order valence-electron chi connectivity index (χ3n) is 5.34. The minimum absolute atomic E-state index is 0.194. The van der Waals surface area contributed by atoms with Gasteiger partial charge in [0.1, 0.15) is 0 Å². The first-order valence-electron chi connectivity index (χ1n) is 7.88. The number of hydrogen-bond acceptors (Lipinski definition) is 3. The number of hydrogen-bond donors (Lipinski definition) is 1. The maximum absolute atomic E-state index is 6.19. The lowest BCUT2D eigenvalue weighted by Gasteiger charge is -2.50. The van der Waals surface area contributed by atoms with Crippen LogP contribution >= 0.6 is 0 Å². The molecule has 3 unspecified atom stereocenters. The number of likely N-dealkylation sites (N-methyl/N-ethyl adjacent to an activating group) is 1. The number of rotatable bonds is 5. The molecule has 112 valence electrons. The molecule has 1 aromatic heterocycles. The molecular formula is C17H29N3. The van der Waals surface area contributed by atoms with Gasteiger partial charge in [-0.3, -0.25) is 9.88 Å². The molecule has 1 aliphatic rings. The van der Waals surface area contributed by atoms with E-state index in [1.807, 2.05) is 12.4 Å². The minimum atomic E-state index is 0.194. The average molecular weight is 275 g/mol. The Labute approximate surface area is 123 Å². The highest BCUT2D eigenvalue weighted by atomic mass is 15.2. The normalized spacial score (nSPS) is 30.6. The second-order valence-electron chi connectivity index (χ2n) is 6.62. The van der Waals surface area contributed by atoms with Crippen LogP contribution in [0.1, 0.15) is 38.7 Å². The third-order valence-corrected chi connectivity index (χ3v) is 5.34. The summed E-state index contributed by atoms with van der Waals surface area (Å²) in [5.41, 5.74) is 7.74. The predicted octanol–water partition coefficient (Wildman–Crippen LogP) is 2.71. The first-order valence-corrected chi connectivity index (χ1v) is 7.88. The summed E-state index contributed by atoms with van der Waals surface area (Å²) in [6, 6.07) is 4.21. The Bertz CT molecular complexity index is 406. The van der Waals surface area contributed by atoms with Gasteiger partial charge in [-0.1, -0.05) is 13.8 Å². The van der Waals surface area contributed by atoms with Gasteiger partial charge in [0, 0.05) is 31.0 Å². The van der Waals surface area contributed by atoms with Crippen LogP contribution in [0.25, 0.3) is 0 Å². The fourth-order valence-corrected chi connectivity index (χ4v) is 3.78. The van der Waals surface area contributed by atoms with E-state index in [2.05, 4.69) is 42.9 Å². The van der Waals surface area contributed by atoms with Gasteiger partial charge in [-0.2, -0.15) is 0 Å². The summed E-state index contributed by atoms with van der Waals surface area (Å²) in [6.07, 6.45) is 8.66. The topological polar surface area (TPSA) is 42.1 Å². The summed E-state index contributed by atoms with van der Waals surface area (Å²) in [4.78, 5) is 6.60. The molecule has 1 aromatic rings. The van der Waals surface area contributed by atoms with Crippen LogP contribution in [-0.4, -0.2) is 35.6 Å². The summed E-state index contributed by atoms with van der Waals surface area (Å²) < 4.78 is 0. The van der Waals surface area contributed by atoms with Crippen LogP contribution in [0, 0.1) is 11.8 Å². The molecule has 0 radical (unpaired) electrons. The minimum Gasteiger partial charge on any atom is -0.329 e. The molecule has 2 rings (SSSR count). The van der Waals surface area contributed by atoms with E-state index in [1.165, 1.54) is 24.8 Å². The van der Waals surface area contributed by atoms with Crippen molar-refractivity contribution in [2.75, 3.05) is 20.1 Å². The smallest absolute Gasteiger partial charge is 0.0354 e. The highest BCUT2D eigenvalue weighted by Crippen LogP contribution is 2.39. The Balaban J connectivity index is 2.00. The lowest BCUT2D eigenvalue weighted by atomic mass is 9.69. The molecule has 2 N–H and O–H groups in total. The Morgan fingerprint density at radius 3 is 2.65 bits per heavy atom. The first-order chi connectivity index (χ1) is 9.58. The first kappa shape index (κ1) is 15.5. The average Bonchev–Trinajstić information content (AvgIpc) is 2.46. The summed E-state index contributed by atoms with van der Waals surface area (Å²) >= 11 is 0. The van der Waals surface area contributed by atoms with Gasteiger partial charge < -0.3 is 5.73 Å². The van der Waals surface area contributed by atoms with Gasteiger partial charge in [-0.05, 0) is 62.3 Å². The van der Waals surface area contributed by atoms with Crippen LogP contribution in [0.2, 0.25) is 0 Å². The van der Waals surface area contributed by atoms with E-state index < -0.39 is 0 Å². The van der Waals surface area contributed by atoms with Crippen molar-refractivity contribution in [1.29, 1.82) is 0 Å². The molecule has 3 atom stereocenters. The van der Waals surface area contributed by atoms with Gasteiger partial charge in [0.2, 0.25) is 0 Å². The van der Waals surface area contributed by atoms with Crippen LogP contribution < -0.4 is 5.73 Å². The molecule has 0 aromatic carbocycles. The lowest BCUT2D eigenvalue weighted by Crippen LogP contribution is -2.59. The highest BCUT2D eigenvalue weighted by molar-refractivity contribution is 5.10. The van der Waals surface area contributed by atoms with Gasteiger partial charge in [-0.15, -0.1) is 0 Å². The number of nitrogens with zero attached hydrogens (tertiary/aromatic N) is 2. The summed E-state index contributed by atoms with van der Waals surface area (Å²) in [5.74, 6) is 1.52. The van der Waals surface area contributed by atoms with E-state index in [-0.39, 0.29) is 5.54 Å². The van der Waals surface area contributed by atoms with Crippen molar-refractivity contribution >= 4 is 0 Å². The molecule has 0 aliphatic heterocycles. The number of pyridine rings is 1. The van der Waals surface area contributed by atoms with Crippen molar-refractivity contribution in [3.8, 4) is 0 Å². The standard InChI is InChI=1S/C17H29N3/c1-14-4-8-17(13-18,15(2)12-14)20(3)11-7-16-5-9-19-10-6-16/h5-6,9-10,14-15H,4,7-8,11-13,18H2,1-3H3. The maximum Gasteiger partial charge on any atom is 0.0354 e. The van der Waals surface area contributed by atoms with Crippen molar-refractivity contribution in [1.82, 2.24) is 9.88 Å². The van der Waals surface area contributed by atoms with Gasteiger partial charge in [0.05, 0.1) is 0 Å². The monoisotopic (exact) mass is 275 g/mol. The van der Waals surface area contributed by atoms with Crippen LogP contribution in [0.3, 0.4) is 0 Å². The molecule has 0 saturated heterocycles. The zero-order valence-corrected chi connectivity index (χ0v) is 13.2. The fourth-order valence-electron chi connectivity index (χ4n) is 3.78. The lowest BCUT2D eigenvalue weighted by molar-refractivity contribution is 0.0190. The van der Waals surface area contributed by atoms with Crippen molar-refractivity contribution in [3.63, 3.8) is 0 Å². The Hall–Kier alpha value is -0.930. The van der Waals surface area contributed by atoms with Gasteiger partial charge in [-0.25, -0.2) is 0 Å². The zero-order valence-electron chi connectivity index (χ0n) is 13.2. The number of aromatic nitrogens is 1. The number of nitrogens with two attached hydrogens (primary N) is 1. The molecule has 0 spiro atoms. The van der Waals surface area contributed by atoms with E-state index >= 15 is 0 Å². The predicted molar refractivity (Wildman–Crippen MR) is 84.5 cm³/mol. The van der Waals surface area contributed by atoms with Gasteiger partial charge in [0.25, 0.3) is 0 Å². The van der Waals surface area contributed by atoms with Crippen LogP contribution in [0.15, 0.2) is 24.5 Å². The van der Waals surface area contributed by atoms with Crippen molar-refractivity contribution < 1.29 is 0 Å². The molecular weight excluding hydrogens is 246 g/mol. The molecule has 1 heterocycles. The van der Waals surface area contributed by atoms with Crippen LogP contribution in [-0.2, 0) is 6.42 Å². The molecule has 1 fully saturated rings. The van der Waals surface area contributed by atoms with Crippen molar-refractivity contribution in [3.05, 3.63) is 30.1 Å². The van der Waals surface area contributed by atoms with E-state index in [0.717, 1.165) is 25.4 Å². The van der Waals surface area contributed by atoms with E-state index in [9.17, 15) is 0 Å². The molecule has 0 bridgehead atoms.